The number of rotatable bonds is 4. The minimum atomic E-state index is -0.470. The number of aryl methyl sites for hydroxylation is 1. The number of nitro benzene ring substituents is 1. The first-order valence-corrected chi connectivity index (χ1v) is 9.65. The van der Waals surface area contributed by atoms with Crippen molar-refractivity contribution in [3.63, 3.8) is 0 Å². The second kappa shape index (κ2) is 7.88. The lowest BCUT2D eigenvalue weighted by atomic mass is 10.1. The van der Waals surface area contributed by atoms with Gasteiger partial charge in [-0.2, -0.15) is 0 Å². The van der Waals surface area contributed by atoms with E-state index in [-0.39, 0.29) is 17.3 Å². The summed E-state index contributed by atoms with van der Waals surface area (Å²) >= 11 is 1.13. The van der Waals surface area contributed by atoms with Crippen molar-refractivity contribution < 1.29 is 19.2 Å². The lowest BCUT2D eigenvalue weighted by molar-refractivity contribution is -0.384. The molecule has 2 heterocycles. The summed E-state index contributed by atoms with van der Waals surface area (Å²) < 4.78 is 5.73. The van der Waals surface area contributed by atoms with Gasteiger partial charge in [-0.1, -0.05) is 24.3 Å². The number of phenols is 1. The molecule has 1 saturated heterocycles. The molecule has 1 aliphatic rings. The minimum Gasteiger partial charge on any atom is -0.506 e. The van der Waals surface area contributed by atoms with Gasteiger partial charge in [0.2, 0.25) is 0 Å². The van der Waals surface area contributed by atoms with E-state index < -0.39 is 4.92 Å². The normalized spacial score (nSPS) is 16.2. The first kappa shape index (κ1) is 19.5. The number of amides is 1. The van der Waals surface area contributed by atoms with Gasteiger partial charge in [0.05, 0.1) is 9.83 Å². The molecule has 3 aromatic rings. The van der Waals surface area contributed by atoms with E-state index in [0.29, 0.717) is 32.8 Å². The van der Waals surface area contributed by atoms with Gasteiger partial charge in [0.15, 0.2) is 5.17 Å². The summed E-state index contributed by atoms with van der Waals surface area (Å²) in [6, 6.07) is 14.5. The average Bonchev–Trinajstić information content (AvgIpc) is 3.32. The molecule has 30 heavy (non-hydrogen) atoms. The molecule has 1 amide bonds. The lowest BCUT2D eigenvalue weighted by Gasteiger charge is -2.03. The van der Waals surface area contributed by atoms with Crippen LogP contribution < -0.4 is 5.32 Å². The highest BCUT2D eigenvalue weighted by Crippen LogP contribution is 2.34. The molecular formula is C21H15N3O5S. The zero-order chi connectivity index (χ0) is 21.3. The molecule has 9 heteroatoms. The Hall–Kier alpha value is -3.85. The maximum atomic E-state index is 12.3. The van der Waals surface area contributed by atoms with Crippen molar-refractivity contribution >= 4 is 40.3 Å². The van der Waals surface area contributed by atoms with E-state index >= 15 is 0 Å². The van der Waals surface area contributed by atoms with Gasteiger partial charge in [0, 0.05) is 23.8 Å². The zero-order valence-corrected chi connectivity index (χ0v) is 16.5. The summed E-state index contributed by atoms with van der Waals surface area (Å²) in [5.74, 6) is 0.573. The Kier molecular flexibility index (Phi) is 5.11. The third-order valence-electron chi connectivity index (χ3n) is 4.32. The summed E-state index contributed by atoms with van der Waals surface area (Å²) in [4.78, 5) is 27.5. The van der Waals surface area contributed by atoms with Gasteiger partial charge in [0.1, 0.15) is 23.0 Å². The average molecular weight is 421 g/mol. The summed E-state index contributed by atoms with van der Waals surface area (Å²) in [7, 11) is 0. The number of hydrogen-bond donors (Lipinski definition) is 2. The van der Waals surface area contributed by atoms with Crippen molar-refractivity contribution in [3.05, 3.63) is 80.9 Å². The van der Waals surface area contributed by atoms with Gasteiger partial charge in [-0.3, -0.25) is 14.9 Å². The van der Waals surface area contributed by atoms with E-state index in [0.717, 1.165) is 17.3 Å². The standard InChI is InChI=1S/C21H15N3O5S/c1-12-4-2-7-16(25)19(12)22-21-23-20(26)18(30-21)11-15-8-9-17(29-15)13-5-3-6-14(10-13)24(27)28/h2-11,25H,1H3,(H,22,23,26)/b18-11+. The number of nitro groups is 1. The summed E-state index contributed by atoms with van der Waals surface area (Å²) in [5, 5.41) is 23.9. The molecule has 1 fully saturated rings. The molecule has 0 saturated carbocycles. The van der Waals surface area contributed by atoms with Crippen molar-refractivity contribution in [2.75, 3.05) is 0 Å². The molecule has 0 unspecified atom stereocenters. The number of aromatic hydroxyl groups is 1. The van der Waals surface area contributed by atoms with E-state index in [9.17, 15) is 20.0 Å². The van der Waals surface area contributed by atoms with Crippen LogP contribution in [0.2, 0.25) is 0 Å². The summed E-state index contributed by atoms with van der Waals surface area (Å²) in [6.45, 7) is 1.82. The number of furan rings is 1. The number of hydrogen-bond acceptors (Lipinski definition) is 7. The predicted molar refractivity (Wildman–Crippen MR) is 114 cm³/mol. The fourth-order valence-corrected chi connectivity index (χ4v) is 3.67. The van der Waals surface area contributed by atoms with E-state index in [4.69, 9.17) is 4.42 Å². The van der Waals surface area contributed by atoms with Crippen LogP contribution in [-0.4, -0.2) is 21.1 Å². The van der Waals surface area contributed by atoms with Gasteiger partial charge in [0.25, 0.3) is 11.6 Å². The highest BCUT2D eigenvalue weighted by molar-refractivity contribution is 8.18. The quantitative estimate of drug-likeness (QED) is 0.356. The number of para-hydroxylation sites is 1. The maximum absolute atomic E-state index is 12.3. The monoisotopic (exact) mass is 421 g/mol. The number of benzene rings is 2. The number of nitrogens with zero attached hydrogens (tertiary/aromatic N) is 2. The van der Waals surface area contributed by atoms with Gasteiger partial charge in [-0.25, -0.2) is 4.99 Å². The van der Waals surface area contributed by atoms with E-state index in [1.165, 1.54) is 18.2 Å². The smallest absolute Gasteiger partial charge is 0.270 e. The highest BCUT2D eigenvalue weighted by atomic mass is 32.2. The first-order chi connectivity index (χ1) is 14.4. The number of nitrogens with one attached hydrogen (secondary N) is 1. The summed E-state index contributed by atoms with van der Waals surface area (Å²) in [5.41, 5.74) is 1.71. The third-order valence-corrected chi connectivity index (χ3v) is 5.23. The molecule has 0 spiro atoms. The van der Waals surface area contributed by atoms with Crippen LogP contribution in [0.4, 0.5) is 11.4 Å². The van der Waals surface area contributed by atoms with Crippen LogP contribution in [0.15, 0.2) is 68.9 Å². The molecule has 4 rings (SSSR count). The van der Waals surface area contributed by atoms with Gasteiger partial charge >= 0.3 is 0 Å². The number of carbonyl (C=O) groups is 1. The van der Waals surface area contributed by atoms with Gasteiger partial charge in [-0.05, 0) is 42.4 Å². The Balaban J connectivity index is 1.58. The van der Waals surface area contributed by atoms with Crippen LogP contribution in [0, 0.1) is 17.0 Å². The molecule has 2 aromatic carbocycles. The van der Waals surface area contributed by atoms with Crippen molar-refractivity contribution in [2.24, 2.45) is 4.99 Å². The fourth-order valence-electron chi connectivity index (χ4n) is 2.86. The zero-order valence-electron chi connectivity index (χ0n) is 15.7. The van der Waals surface area contributed by atoms with Crippen LogP contribution in [0.3, 0.4) is 0 Å². The van der Waals surface area contributed by atoms with Crippen LogP contribution in [-0.2, 0) is 4.79 Å². The van der Waals surface area contributed by atoms with Gasteiger partial charge < -0.3 is 14.8 Å². The Morgan fingerprint density at radius 1 is 1.20 bits per heavy atom. The molecule has 2 N–H and O–H groups in total. The van der Waals surface area contributed by atoms with E-state index in [1.807, 2.05) is 13.0 Å². The van der Waals surface area contributed by atoms with Crippen LogP contribution in [0.25, 0.3) is 17.4 Å². The van der Waals surface area contributed by atoms with Crippen molar-refractivity contribution in [1.29, 1.82) is 0 Å². The van der Waals surface area contributed by atoms with Crippen molar-refractivity contribution in [2.45, 2.75) is 6.92 Å². The largest absolute Gasteiger partial charge is 0.506 e. The molecule has 8 nitrogen and oxygen atoms in total. The number of phenolic OH excluding ortho intramolecular Hbond substituents is 1. The van der Waals surface area contributed by atoms with Crippen LogP contribution >= 0.6 is 11.8 Å². The SMILES string of the molecule is Cc1cccc(O)c1N=C1NC(=O)/C(=C\c2ccc(-c3cccc([N+](=O)[O-])c3)o2)S1. The molecule has 0 radical (unpaired) electrons. The van der Waals surface area contributed by atoms with E-state index in [1.54, 1.807) is 36.4 Å². The number of non-ortho nitro benzene ring substituents is 1. The van der Waals surface area contributed by atoms with Crippen LogP contribution in [0.1, 0.15) is 11.3 Å². The van der Waals surface area contributed by atoms with E-state index in [2.05, 4.69) is 10.3 Å². The number of amidine groups is 1. The molecule has 1 aromatic heterocycles. The third kappa shape index (κ3) is 3.96. The highest BCUT2D eigenvalue weighted by Gasteiger charge is 2.25. The number of thioether (sulfide) groups is 1. The predicted octanol–water partition coefficient (Wildman–Crippen LogP) is 4.76. The van der Waals surface area contributed by atoms with Crippen molar-refractivity contribution in [3.8, 4) is 17.1 Å². The molecule has 0 aliphatic carbocycles. The topological polar surface area (TPSA) is 118 Å². The molecule has 1 aliphatic heterocycles. The molecule has 0 atom stereocenters. The summed E-state index contributed by atoms with van der Waals surface area (Å²) in [6.07, 6.45) is 1.57. The van der Waals surface area contributed by atoms with Crippen LogP contribution in [0.5, 0.6) is 5.75 Å². The first-order valence-electron chi connectivity index (χ1n) is 8.83. The second-order valence-electron chi connectivity index (χ2n) is 6.43. The fraction of sp³-hybridized carbons (Fsp3) is 0.0476. The maximum Gasteiger partial charge on any atom is 0.270 e. The van der Waals surface area contributed by atoms with Crippen molar-refractivity contribution in [1.82, 2.24) is 5.32 Å². The second-order valence-corrected chi connectivity index (χ2v) is 7.46. The molecule has 0 bridgehead atoms. The Labute approximate surface area is 175 Å². The minimum absolute atomic E-state index is 0.0300. The number of carbonyl (C=O) groups excluding carboxylic acids is 1. The Morgan fingerprint density at radius 2 is 2.00 bits per heavy atom. The molecule has 150 valence electrons. The van der Waals surface area contributed by atoms with Gasteiger partial charge in [-0.15, -0.1) is 0 Å². The lowest BCUT2D eigenvalue weighted by Crippen LogP contribution is -2.19. The Bertz CT molecular complexity index is 1210. The Morgan fingerprint density at radius 3 is 2.77 bits per heavy atom. The molecular weight excluding hydrogens is 406 g/mol. The number of aliphatic imine (C=N–C) groups is 1.